The third kappa shape index (κ3) is 4.39. The number of aromatic amines is 1. The largest absolute Gasteiger partial charge is 0.492 e. The predicted octanol–water partition coefficient (Wildman–Crippen LogP) is 3.96. The first-order chi connectivity index (χ1) is 13.2. The third-order valence-corrected chi connectivity index (χ3v) is 5.26. The monoisotopic (exact) mass is 370 g/mol. The summed E-state index contributed by atoms with van der Waals surface area (Å²) < 4.78 is 23.5. The van der Waals surface area contributed by atoms with Gasteiger partial charge in [0.25, 0.3) is 0 Å². The van der Waals surface area contributed by atoms with E-state index in [-0.39, 0.29) is 5.82 Å². The van der Waals surface area contributed by atoms with Gasteiger partial charge in [-0.1, -0.05) is 6.07 Å². The Hall–Kier alpha value is -2.60. The molecule has 27 heavy (non-hydrogen) atoms. The average Bonchev–Trinajstić information content (AvgIpc) is 3.06. The molecule has 1 saturated carbocycles. The summed E-state index contributed by atoms with van der Waals surface area (Å²) in [6.45, 7) is 1.34. The highest BCUT2D eigenvalue weighted by atomic mass is 19.1. The lowest BCUT2D eigenvalue weighted by atomic mass is 9.81. The molecule has 5 nitrogen and oxygen atoms in total. The summed E-state index contributed by atoms with van der Waals surface area (Å²) in [5.41, 5.74) is 2.65. The van der Waals surface area contributed by atoms with E-state index in [0.29, 0.717) is 29.9 Å². The number of halogens is 1. The maximum atomic E-state index is 12.9. The van der Waals surface area contributed by atoms with Crippen molar-refractivity contribution in [2.45, 2.75) is 37.6 Å². The van der Waals surface area contributed by atoms with Gasteiger partial charge >= 0.3 is 5.76 Å². The lowest BCUT2D eigenvalue weighted by Crippen LogP contribution is -2.35. The zero-order valence-corrected chi connectivity index (χ0v) is 15.0. The highest BCUT2D eigenvalue weighted by Crippen LogP contribution is 2.33. The first kappa shape index (κ1) is 17.8. The second kappa shape index (κ2) is 7.96. The molecule has 3 aromatic rings. The van der Waals surface area contributed by atoms with Gasteiger partial charge in [0.15, 0.2) is 5.58 Å². The van der Waals surface area contributed by atoms with Gasteiger partial charge in [-0.2, -0.15) is 0 Å². The Morgan fingerprint density at radius 3 is 2.67 bits per heavy atom. The Morgan fingerprint density at radius 2 is 1.89 bits per heavy atom. The molecule has 0 atom stereocenters. The Kier molecular flexibility index (Phi) is 5.25. The van der Waals surface area contributed by atoms with E-state index >= 15 is 0 Å². The third-order valence-electron chi connectivity index (χ3n) is 5.26. The molecule has 0 radical (unpaired) electrons. The van der Waals surface area contributed by atoms with Crippen molar-refractivity contribution in [3.05, 3.63) is 64.4 Å². The molecule has 1 aromatic heterocycles. The SMILES string of the molecule is O=c1[nH]c2cc(C3CCC(NCCOc4ccc(F)cc4)CC3)ccc2o1. The van der Waals surface area contributed by atoms with Crippen LogP contribution in [0.4, 0.5) is 4.39 Å². The van der Waals surface area contributed by atoms with Crippen LogP contribution < -0.4 is 15.8 Å². The maximum Gasteiger partial charge on any atom is 0.417 e. The molecule has 2 aromatic carbocycles. The standard InChI is InChI=1S/C21H23FN2O3/c22-16-4-8-18(9-5-16)26-12-11-23-17-6-1-14(2-7-17)15-3-10-20-19(13-15)24-21(25)27-20/h3-5,8-10,13-14,17,23H,1-2,6-7,11-12H2,(H,24,25). The number of aromatic nitrogens is 1. The first-order valence-electron chi connectivity index (χ1n) is 9.42. The second-order valence-corrected chi connectivity index (χ2v) is 7.08. The van der Waals surface area contributed by atoms with Crippen LogP contribution in [0.3, 0.4) is 0 Å². The van der Waals surface area contributed by atoms with Crippen molar-refractivity contribution < 1.29 is 13.5 Å². The average molecular weight is 370 g/mol. The highest BCUT2D eigenvalue weighted by Gasteiger charge is 2.22. The van der Waals surface area contributed by atoms with Crippen molar-refractivity contribution in [1.29, 1.82) is 0 Å². The summed E-state index contributed by atoms with van der Waals surface area (Å²) in [4.78, 5) is 14.0. The fraction of sp³-hybridized carbons (Fsp3) is 0.381. The number of hydrogen-bond acceptors (Lipinski definition) is 4. The molecule has 0 saturated heterocycles. The van der Waals surface area contributed by atoms with E-state index in [9.17, 15) is 9.18 Å². The van der Waals surface area contributed by atoms with Crippen LogP contribution in [0.15, 0.2) is 51.7 Å². The first-order valence-corrected chi connectivity index (χ1v) is 9.42. The van der Waals surface area contributed by atoms with Crippen LogP contribution >= 0.6 is 0 Å². The second-order valence-electron chi connectivity index (χ2n) is 7.08. The van der Waals surface area contributed by atoms with Gasteiger partial charge in [-0.05, 0) is 73.6 Å². The fourth-order valence-corrected chi connectivity index (χ4v) is 3.82. The van der Waals surface area contributed by atoms with Crippen molar-refractivity contribution in [3.63, 3.8) is 0 Å². The van der Waals surface area contributed by atoms with Gasteiger partial charge < -0.3 is 14.5 Å². The van der Waals surface area contributed by atoms with Crippen molar-refractivity contribution in [1.82, 2.24) is 10.3 Å². The molecular weight excluding hydrogens is 347 g/mol. The van der Waals surface area contributed by atoms with Crippen LogP contribution in [-0.4, -0.2) is 24.2 Å². The van der Waals surface area contributed by atoms with Crippen molar-refractivity contribution in [3.8, 4) is 5.75 Å². The van der Waals surface area contributed by atoms with Crippen molar-refractivity contribution in [2.75, 3.05) is 13.2 Å². The summed E-state index contributed by atoms with van der Waals surface area (Å²) in [7, 11) is 0. The minimum atomic E-state index is -0.405. The van der Waals surface area contributed by atoms with Crippen LogP contribution in [0.25, 0.3) is 11.1 Å². The van der Waals surface area contributed by atoms with E-state index in [2.05, 4.69) is 16.4 Å². The van der Waals surface area contributed by atoms with Crippen LogP contribution in [0.2, 0.25) is 0 Å². The molecule has 0 aliphatic heterocycles. The summed E-state index contributed by atoms with van der Waals surface area (Å²) in [6.07, 6.45) is 4.45. The Bertz CT molecular complexity index is 940. The number of oxazole rings is 1. The van der Waals surface area contributed by atoms with Gasteiger partial charge in [-0.25, -0.2) is 9.18 Å². The summed E-state index contributed by atoms with van der Waals surface area (Å²) in [5, 5.41) is 3.55. The molecule has 2 N–H and O–H groups in total. The van der Waals surface area contributed by atoms with E-state index < -0.39 is 5.76 Å². The van der Waals surface area contributed by atoms with Crippen LogP contribution in [0.5, 0.6) is 5.75 Å². The minimum absolute atomic E-state index is 0.254. The maximum absolute atomic E-state index is 12.9. The molecule has 0 unspecified atom stereocenters. The molecule has 0 spiro atoms. The number of rotatable bonds is 6. The van der Waals surface area contributed by atoms with E-state index in [1.807, 2.05) is 12.1 Å². The lowest BCUT2D eigenvalue weighted by molar-refractivity contribution is 0.282. The smallest absolute Gasteiger partial charge is 0.417 e. The predicted molar refractivity (Wildman–Crippen MR) is 102 cm³/mol. The topological polar surface area (TPSA) is 67.3 Å². The van der Waals surface area contributed by atoms with Gasteiger partial charge in [-0.3, -0.25) is 4.98 Å². The van der Waals surface area contributed by atoms with Gasteiger partial charge in [-0.15, -0.1) is 0 Å². The van der Waals surface area contributed by atoms with Gasteiger partial charge in [0.05, 0.1) is 5.52 Å². The summed E-state index contributed by atoms with van der Waals surface area (Å²) in [5.74, 6) is 0.546. The summed E-state index contributed by atoms with van der Waals surface area (Å²) in [6, 6.07) is 12.6. The van der Waals surface area contributed by atoms with Crippen molar-refractivity contribution >= 4 is 11.1 Å². The number of hydrogen-bond donors (Lipinski definition) is 2. The number of H-pyrrole nitrogens is 1. The number of fused-ring (bicyclic) bond motifs is 1. The molecule has 0 amide bonds. The molecule has 1 aliphatic carbocycles. The number of nitrogens with one attached hydrogen (secondary N) is 2. The minimum Gasteiger partial charge on any atom is -0.492 e. The molecule has 6 heteroatoms. The number of ether oxygens (including phenoxy) is 1. The summed E-state index contributed by atoms with van der Waals surface area (Å²) >= 11 is 0. The zero-order chi connectivity index (χ0) is 18.6. The molecule has 1 fully saturated rings. The Balaban J connectivity index is 1.22. The molecule has 1 heterocycles. The van der Waals surface area contributed by atoms with Crippen LogP contribution in [0.1, 0.15) is 37.2 Å². The van der Waals surface area contributed by atoms with E-state index in [1.54, 1.807) is 12.1 Å². The van der Waals surface area contributed by atoms with Gasteiger partial charge in [0.1, 0.15) is 18.2 Å². The van der Waals surface area contributed by atoms with Crippen LogP contribution in [0, 0.1) is 5.82 Å². The van der Waals surface area contributed by atoms with E-state index in [1.165, 1.54) is 17.7 Å². The molecule has 142 valence electrons. The zero-order valence-electron chi connectivity index (χ0n) is 15.0. The quantitative estimate of drug-likeness (QED) is 0.645. The van der Waals surface area contributed by atoms with Crippen LogP contribution in [-0.2, 0) is 0 Å². The molecular formula is C21H23FN2O3. The Labute approximate surface area is 156 Å². The van der Waals surface area contributed by atoms with Gasteiger partial charge in [0, 0.05) is 12.6 Å². The molecule has 0 bridgehead atoms. The molecule has 4 rings (SSSR count). The normalized spacial score (nSPS) is 20.0. The van der Waals surface area contributed by atoms with Gasteiger partial charge in [0.2, 0.25) is 0 Å². The van der Waals surface area contributed by atoms with Crippen molar-refractivity contribution in [2.24, 2.45) is 0 Å². The fourth-order valence-electron chi connectivity index (χ4n) is 3.82. The highest BCUT2D eigenvalue weighted by molar-refractivity contribution is 5.72. The van der Waals surface area contributed by atoms with E-state index in [4.69, 9.17) is 9.15 Å². The Morgan fingerprint density at radius 1 is 1.11 bits per heavy atom. The number of benzene rings is 2. The molecule has 1 aliphatic rings. The lowest BCUT2D eigenvalue weighted by Gasteiger charge is -2.29. The van der Waals surface area contributed by atoms with E-state index in [0.717, 1.165) is 37.7 Å².